The van der Waals surface area contributed by atoms with Crippen LogP contribution in [0.3, 0.4) is 0 Å². The average Bonchev–Trinajstić information content (AvgIpc) is 3.21. The van der Waals surface area contributed by atoms with Crippen LogP contribution in [0.15, 0.2) is 16.6 Å². The zero-order valence-electron chi connectivity index (χ0n) is 16.4. The van der Waals surface area contributed by atoms with E-state index in [-0.39, 0.29) is 6.10 Å². The van der Waals surface area contributed by atoms with E-state index >= 15 is 0 Å². The second-order valence-corrected chi connectivity index (χ2v) is 10.7. The number of hydrogen-bond acceptors (Lipinski definition) is 2. The molecule has 2 heteroatoms. The summed E-state index contributed by atoms with van der Waals surface area (Å²) in [5.74, 6) is 2.53. The monoisotopic (exact) mass is 341 g/mol. The Morgan fingerprint density at radius 3 is 2.44 bits per heavy atom. The lowest BCUT2D eigenvalue weighted by molar-refractivity contribution is -0.0209. The summed E-state index contributed by atoms with van der Waals surface area (Å²) < 4.78 is 0. The van der Waals surface area contributed by atoms with Gasteiger partial charge in [0.2, 0.25) is 0 Å². The van der Waals surface area contributed by atoms with Crippen molar-refractivity contribution < 1.29 is 5.11 Å². The van der Waals surface area contributed by atoms with E-state index in [0.29, 0.717) is 16.4 Å². The van der Waals surface area contributed by atoms with Gasteiger partial charge >= 0.3 is 0 Å². The van der Waals surface area contributed by atoms with E-state index in [1.165, 1.54) is 51.4 Å². The van der Waals surface area contributed by atoms with Crippen LogP contribution in [-0.4, -0.2) is 22.5 Å². The Bertz CT molecular complexity index is 644. The lowest BCUT2D eigenvalue weighted by Gasteiger charge is -2.57. The molecule has 0 spiro atoms. The molecular weight excluding hydrogens is 306 g/mol. The highest BCUT2D eigenvalue weighted by atomic mass is 16.3. The van der Waals surface area contributed by atoms with Gasteiger partial charge in [-0.25, -0.2) is 0 Å². The molecule has 138 valence electrons. The summed E-state index contributed by atoms with van der Waals surface area (Å²) in [6.45, 7) is 7.43. The van der Waals surface area contributed by atoms with E-state index in [0.717, 1.165) is 30.6 Å². The number of aliphatic hydroxyl groups excluding tert-OH is 1. The summed E-state index contributed by atoms with van der Waals surface area (Å²) in [5, 5.41) is 10.1. The van der Waals surface area contributed by atoms with Crippen LogP contribution in [0.5, 0.6) is 0 Å². The van der Waals surface area contributed by atoms with E-state index in [4.69, 9.17) is 4.99 Å². The Morgan fingerprint density at radius 1 is 0.960 bits per heavy atom. The zero-order valence-corrected chi connectivity index (χ0v) is 16.4. The van der Waals surface area contributed by atoms with Gasteiger partial charge in [0.05, 0.1) is 11.6 Å². The van der Waals surface area contributed by atoms with E-state index in [2.05, 4.69) is 26.8 Å². The van der Waals surface area contributed by atoms with Crippen molar-refractivity contribution in [1.82, 2.24) is 0 Å². The third-order valence-corrected chi connectivity index (χ3v) is 9.20. The number of rotatable bonds is 1. The maximum atomic E-state index is 10.1. The molecule has 0 radical (unpaired) electrons. The summed E-state index contributed by atoms with van der Waals surface area (Å²) in [7, 11) is 0. The summed E-state index contributed by atoms with van der Waals surface area (Å²) in [5.41, 5.74) is 4.22. The minimum absolute atomic E-state index is 0.0887. The number of aliphatic imine (C=N–C) groups is 1. The molecule has 5 rings (SSSR count). The molecule has 2 nitrogen and oxygen atoms in total. The zero-order chi connectivity index (χ0) is 17.4. The van der Waals surface area contributed by atoms with Gasteiger partial charge in [-0.05, 0) is 94.3 Å². The van der Waals surface area contributed by atoms with Crippen molar-refractivity contribution in [2.75, 3.05) is 0 Å². The number of nitrogens with zero attached hydrogens (tertiary/aromatic N) is 1. The topological polar surface area (TPSA) is 32.6 Å². The van der Waals surface area contributed by atoms with E-state index in [1.54, 1.807) is 11.3 Å². The van der Waals surface area contributed by atoms with Gasteiger partial charge in [0.15, 0.2) is 0 Å². The molecule has 0 aromatic heterocycles. The average molecular weight is 342 g/mol. The van der Waals surface area contributed by atoms with Gasteiger partial charge in [-0.2, -0.15) is 0 Å². The van der Waals surface area contributed by atoms with Crippen molar-refractivity contribution in [3.8, 4) is 0 Å². The molecule has 6 atom stereocenters. The van der Waals surface area contributed by atoms with Crippen molar-refractivity contribution in [1.29, 1.82) is 0 Å². The fourth-order valence-corrected chi connectivity index (χ4v) is 7.23. The molecule has 4 saturated carbocycles. The van der Waals surface area contributed by atoms with Crippen LogP contribution >= 0.6 is 0 Å². The van der Waals surface area contributed by atoms with Crippen molar-refractivity contribution in [2.24, 2.45) is 33.6 Å². The van der Waals surface area contributed by atoms with E-state index in [9.17, 15) is 5.11 Å². The molecular formula is C23H35NO. The number of hydrogen-bond donors (Lipinski definition) is 1. The SMILES string of the molecule is CC1(/N=C2/CC[C@H]3[C@@H]4CC=C5C[C@@H](O)CC[C@]5(C)[C@H]4CC[C@]23C)CC1. The van der Waals surface area contributed by atoms with Gasteiger partial charge in [-0.3, -0.25) is 4.99 Å². The highest BCUT2D eigenvalue weighted by Gasteiger charge is 2.58. The summed E-state index contributed by atoms with van der Waals surface area (Å²) in [6, 6.07) is 0. The molecule has 0 bridgehead atoms. The molecule has 0 heterocycles. The molecule has 5 aliphatic carbocycles. The molecule has 0 saturated heterocycles. The quantitative estimate of drug-likeness (QED) is 0.645. The summed E-state index contributed by atoms with van der Waals surface area (Å²) in [6.07, 6.45) is 14.8. The fourth-order valence-electron chi connectivity index (χ4n) is 7.23. The molecule has 0 amide bonds. The molecule has 4 fully saturated rings. The lowest BCUT2D eigenvalue weighted by Crippen LogP contribution is -2.50. The van der Waals surface area contributed by atoms with Crippen LogP contribution < -0.4 is 0 Å². The Hall–Kier alpha value is -0.630. The molecule has 0 aromatic rings. The maximum Gasteiger partial charge on any atom is 0.0581 e. The Morgan fingerprint density at radius 2 is 1.68 bits per heavy atom. The molecule has 1 N–H and O–H groups in total. The number of allylic oxidation sites excluding steroid dienone is 1. The van der Waals surface area contributed by atoms with Crippen LogP contribution in [0.25, 0.3) is 0 Å². The predicted octanol–water partition coefficient (Wildman–Crippen LogP) is 5.30. The third-order valence-electron chi connectivity index (χ3n) is 9.20. The first-order chi connectivity index (χ1) is 11.8. The first-order valence-electron chi connectivity index (χ1n) is 10.8. The molecule has 0 unspecified atom stereocenters. The van der Waals surface area contributed by atoms with Gasteiger partial charge in [0.1, 0.15) is 0 Å². The number of aliphatic hydroxyl groups is 1. The van der Waals surface area contributed by atoms with Gasteiger partial charge in [0.25, 0.3) is 0 Å². The Kier molecular flexibility index (Phi) is 3.45. The smallest absolute Gasteiger partial charge is 0.0581 e. The third kappa shape index (κ3) is 2.35. The van der Waals surface area contributed by atoms with Crippen LogP contribution in [0.2, 0.25) is 0 Å². The van der Waals surface area contributed by atoms with Gasteiger partial charge < -0.3 is 5.11 Å². The normalized spacial score (nSPS) is 52.2. The van der Waals surface area contributed by atoms with Crippen LogP contribution in [0, 0.1) is 28.6 Å². The van der Waals surface area contributed by atoms with Gasteiger partial charge in [-0.1, -0.05) is 25.5 Å². The highest BCUT2D eigenvalue weighted by Crippen LogP contribution is 2.64. The van der Waals surface area contributed by atoms with Crippen molar-refractivity contribution in [2.45, 2.75) is 96.6 Å². The first-order valence-corrected chi connectivity index (χ1v) is 10.8. The van der Waals surface area contributed by atoms with Crippen LogP contribution in [0.4, 0.5) is 0 Å². The predicted molar refractivity (Wildman–Crippen MR) is 103 cm³/mol. The highest BCUT2D eigenvalue weighted by molar-refractivity contribution is 5.93. The maximum absolute atomic E-state index is 10.1. The largest absolute Gasteiger partial charge is 0.393 e. The minimum Gasteiger partial charge on any atom is -0.393 e. The van der Waals surface area contributed by atoms with Crippen LogP contribution in [-0.2, 0) is 0 Å². The van der Waals surface area contributed by atoms with E-state index < -0.39 is 0 Å². The van der Waals surface area contributed by atoms with E-state index in [1.807, 2.05) is 0 Å². The van der Waals surface area contributed by atoms with Crippen LogP contribution in [0.1, 0.15) is 85.0 Å². The van der Waals surface area contributed by atoms with Gasteiger partial charge in [0, 0.05) is 11.1 Å². The van der Waals surface area contributed by atoms with Crippen molar-refractivity contribution in [3.63, 3.8) is 0 Å². The van der Waals surface area contributed by atoms with Gasteiger partial charge in [-0.15, -0.1) is 0 Å². The molecule has 0 aromatic carbocycles. The summed E-state index contributed by atoms with van der Waals surface area (Å²) >= 11 is 0. The fraction of sp³-hybridized carbons (Fsp3) is 0.870. The first kappa shape index (κ1) is 16.5. The Labute approximate surface area is 153 Å². The Balaban J connectivity index is 1.46. The molecule has 5 aliphatic rings. The molecule has 0 aliphatic heterocycles. The second-order valence-electron chi connectivity index (χ2n) is 10.7. The number of fused-ring (bicyclic) bond motifs is 5. The standard InChI is InChI=1S/C23H35NO/c1-21(12-13-21)24-20-7-6-18-17-5-4-15-14-16(25)8-10-22(15,2)19(17)9-11-23(18,20)3/h4,16-19,25H,5-14H2,1-3H3/b24-20-/t16-,17-,18-,19-,22-,23-/m0/s1. The second kappa shape index (κ2) is 5.21. The lowest BCUT2D eigenvalue weighted by atomic mass is 9.48. The minimum atomic E-state index is -0.0887. The van der Waals surface area contributed by atoms with Crippen molar-refractivity contribution in [3.05, 3.63) is 11.6 Å². The summed E-state index contributed by atoms with van der Waals surface area (Å²) in [4.78, 5) is 5.29. The van der Waals surface area contributed by atoms with Crippen molar-refractivity contribution >= 4 is 5.71 Å². The molecule has 25 heavy (non-hydrogen) atoms.